The number of ether oxygens (including phenoxy) is 1. The van der Waals surface area contributed by atoms with Crippen LogP contribution in [-0.2, 0) is 4.74 Å². The molecule has 1 nitrogen and oxygen atoms in total. The topological polar surface area (TPSA) is 9.23 Å². The molecule has 10 heteroatoms. The summed E-state index contributed by atoms with van der Waals surface area (Å²) in [5, 5.41) is 0. The summed E-state index contributed by atoms with van der Waals surface area (Å²) in [6, 6.07) is 61.9. The van der Waals surface area contributed by atoms with Crippen LogP contribution in [0.25, 0.3) is 0 Å². The Bertz CT molecular complexity index is 1930. The largest absolute Gasteiger partial charge is 1.00 e. The maximum absolute atomic E-state index is 6.54. The third-order valence-corrected chi connectivity index (χ3v) is 27.1. The van der Waals surface area contributed by atoms with E-state index in [1.54, 1.807) is 0 Å². The third kappa shape index (κ3) is 23.0. The molecular weight excluding hydrogens is 1380 g/mol. The fourth-order valence-corrected chi connectivity index (χ4v) is 20.7. The fourth-order valence-electron chi connectivity index (χ4n) is 4.82. The van der Waals surface area contributed by atoms with Crippen molar-refractivity contribution >= 4 is 119 Å². The maximum atomic E-state index is 6.54. The average molecular weight is 1430 g/mol. The molecule has 6 aromatic carbocycles. The van der Waals surface area contributed by atoms with Gasteiger partial charge in [0.2, 0.25) is 0 Å². The minimum Gasteiger partial charge on any atom is 1.00 e. The van der Waals surface area contributed by atoms with Gasteiger partial charge >= 0.3 is 293 Å². The van der Waals surface area contributed by atoms with Gasteiger partial charge in [-0.05, 0) is 12.8 Å². The van der Waals surface area contributed by atoms with E-state index in [0.717, 1.165) is 24.3 Å². The molecule has 6 aromatic rings. The molecule has 0 aromatic heterocycles. The van der Waals surface area contributed by atoms with Crippen LogP contribution in [0.4, 0.5) is 0 Å². The van der Waals surface area contributed by atoms with E-state index in [0.29, 0.717) is 0 Å². The summed E-state index contributed by atoms with van der Waals surface area (Å²) in [5.74, 6) is 5.87. The van der Waals surface area contributed by atoms with Gasteiger partial charge in [-0.1, -0.05) is 25.2 Å². The second-order valence-electron chi connectivity index (χ2n) is 12.9. The smallest absolute Gasteiger partial charge is 1.00 e. The van der Waals surface area contributed by atoms with Crippen LogP contribution in [0.5, 0.6) is 0 Å². The predicted molar refractivity (Wildman–Crippen MR) is 255 cm³/mol. The number of terminal acetylenes is 1. The van der Waals surface area contributed by atoms with E-state index in [-0.39, 0.29) is 18.9 Å². The van der Waals surface area contributed by atoms with Gasteiger partial charge in [-0.25, -0.2) is 0 Å². The molecule has 1 heterocycles. The summed E-state index contributed by atoms with van der Waals surface area (Å²) in [4.78, 5) is 0. The summed E-state index contributed by atoms with van der Waals surface area (Å²) >= 11 is -6.45. The van der Waals surface area contributed by atoms with Crippen LogP contribution in [0.1, 0.15) is 24.0 Å². The number of hydrogen-bond acceptors (Lipinski definition) is 1. The summed E-state index contributed by atoms with van der Waals surface area (Å²) < 4.78 is 12.1. The molecule has 0 aliphatic carbocycles. The van der Waals surface area contributed by atoms with Crippen LogP contribution < -0.4 is 35.2 Å². The van der Waals surface area contributed by atoms with E-state index in [9.17, 15) is 0 Å². The van der Waals surface area contributed by atoms with E-state index in [1.165, 1.54) is 29.2 Å². The van der Waals surface area contributed by atoms with Gasteiger partial charge in [0.15, 0.2) is 0 Å². The van der Waals surface area contributed by atoms with Gasteiger partial charge < -0.3 is 4.74 Å². The van der Waals surface area contributed by atoms with Crippen molar-refractivity contribution in [3.05, 3.63) is 187 Å². The van der Waals surface area contributed by atoms with Gasteiger partial charge in [-0.2, -0.15) is 30.3 Å². The standard InChI is InChI=1S/C11H13Si.C8H5.4C6H5.C4H8O.3Bi.4ClH.Li/c1-12(2,3)10-9-11-7-5-4-6-8-11;1-2-8-6-4-3-5-7-8;4*1-2-4-6-5-3-1;1-2-4-5-3-1;;;;;;;;/h5-8H,1-3H3;1,4-7H;4*1-5H;1-4H2;;;;4*1H;/q-1;;;;;;;;+1;+3;;;;;+1/p-4. The van der Waals surface area contributed by atoms with Crippen molar-refractivity contribution < 1.29 is 23.6 Å². The van der Waals surface area contributed by atoms with Crippen LogP contribution in [-0.4, -0.2) is 81.8 Å². The molecule has 0 spiro atoms. The molecular formula is C47H46Bi3Cl4LiOSi. The number of hydrogen-bond donors (Lipinski definition) is 0. The second-order valence-corrected chi connectivity index (χ2v) is 50.4. The number of benzene rings is 6. The zero-order valence-corrected chi connectivity index (χ0v) is 47.3. The van der Waals surface area contributed by atoms with Gasteiger partial charge in [0.1, 0.15) is 8.07 Å². The molecule has 288 valence electrons. The summed E-state index contributed by atoms with van der Waals surface area (Å²) in [6.45, 7) is 8.74. The first kappa shape index (κ1) is 52.2. The Morgan fingerprint density at radius 2 is 0.912 bits per heavy atom. The summed E-state index contributed by atoms with van der Waals surface area (Å²) in [5.41, 5.74) is 5.35. The maximum Gasteiger partial charge on any atom is 1.00 e. The fraction of sp³-hybridized carbons (Fsp3) is 0.149. The Morgan fingerprint density at radius 1 is 0.544 bits per heavy atom. The monoisotopic (exact) mass is 1430 g/mol. The Hall–Kier alpha value is -0.976. The molecule has 0 radical (unpaired) electrons. The number of rotatable bonds is 5. The SMILES string of the molecule is C#Cc1cc[c]([Bi]([c]2ccccc2)[c]2ccccc2)cc1.C1CCOC1.C[Si](C)(C)C#Cc1cc[c-]cc1.[Cl][Bi]([Cl])[Cl].[Cl][Bi]([c]1ccccc1)[c]1ccccc1.[Li+]. The van der Waals surface area contributed by atoms with Crippen molar-refractivity contribution in [3.63, 3.8) is 0 Å². The van der Waals surface area contributed by atoms with Gasteiger partial charge in [0.05, 0.1) is 0 Å². The van der Waals surface area contributed by atoms with Crippen LogP contribution >= 0.6 is 34.1 Å². The molecule has 57 heavy (non-hydrogen) atoms. The van der Waals surface area contributed by atoms with E-state index in [1.807, 2.05) is 36.4 Å². The van der Waals surface area contributed by atoms with E-state index in [2.05, 4.69) is 177 Å². The number of halogens is 4. The Kier molecular flexibility index (Phi) is 28.3. The van der Waals surface area contributed by atoms with Crippen molar-refractivity contribution in [2.24, 2.45) is 0 Å². The van der Waals surface area contributed by atoms with E-state index in [4.69, 9.17) is 45.2 Å². The quantitative estimate of drug-likeness (QED) is 0.110. The minimum absolute atomic E-state index is 0. The third-order valence-electron chi connectivity index (χ3n) is 7.41. The Labute approximate surface area is 393 Å². The van der Waals surface area contributed by atoms with Crippen LogP contribution in [0, 0.1) is 29.9 Å². The second kappa shape index (κ2) is 31.0. The molecule has 0 unspecified atom stereocenters. The zero-order chi connectivity index (χ0) is 40.4. The molecule has 1 fully saturated rings. The molecule has 1 aliphatic heterocycles. The normalized spacial score (nSPS) is 11.2. The van der Waals surface area contributed by atoms with E-state index < -0.39 is 68.6 Å². The summed E-state index contributed by atoms with van der Waals surface area (Å²) in [6.07, 6.45) is 8.02. The van der Waals surface area contributed by atoms with Crippen LogP contribution in [0.15, 0.2) is 170 Å². The zero-order valence-electron chi connectivity index (χ0n) is 32.8. The van der Waals surface area contributed by atoms with Crippen molar-refractivity contribution in [3.8, 4) is 23.8 Å². The molecule has 0 atom stereocenters. The van der Waals surface area contributed by atoms with Gasteiger partial charge in [-0.15, -0.1) is 11.5 Å². The molecule has 1 saturated heterocycles. The molecule has 0 N–H and O–H groups in total. The molecule has 7 rings (SSSR count). The first-order valence-corrected chi connectivity index (χ1v) is 47.3. The molecule has 0 amide bonds. The van der Waals surface area contributed by atoms with Crippen LogP contribution in [0.2, 0.25) is 19.6 Å². The predicted octanol–water partition coefficient (Wildman–Crippen LogP) is 6.42. The Morgan fingerprint density at radius 3 is 1.25 bits per heavy atom. The van der Waals surface area contributed by atoms with Gasteiger partial charge in [0.25, 0.3) is 0 Å². The van der Waals surface area contributed by atoms with Crippen molar-refractivity contribution in [1.82, 2.24) is 0 Å². The van der Waals surface area contributed by atoms with Crippen molar-refractivity contribution in [1.29, 1.82) is 0 Å². The van der Waals surface area contributed by atoms with Crippen molar-refractivity contribution in [2.75, 3.05) is 13.2 Å². The van der Waals surface area contributed by atoms with Crippen molar-refractivity contribution in [2.45, 2.75) is 32.5 Å². The first-order valence-electron chi connectivity index (χ1n) is 17.9. The first-order chi connectivity index (χ1) is 27.1. The Balaban J connectivity index is 0.000000272. The van der Waals surface area contributed by atoms with Gasteiger partial charge in [0, 0.05) is 13.2 Å². The minimum atomic E-state index is -2.18. The molecule has 0 bridgehead atoms. The average Bonchev–Trinajstić information content (AvgIpc) is 3.83. The molecule has 1 aliphatic rings. The molecule has 0 saturated carbocycles. The summed E-state index contributed by atoms with van der Waals surface area (Å²) in [7, 11) is 20.4. The van der Waals surface area contributed by atoms with Crippen LogP contribution in [0.3, 0.4) is 0 Å². The van der Waals surface area contributed by atoms with E-state index >= 15 is 0 Å². The van der Waals surface area contributed by atoms with Gasteiger partial charge in [-0.3, -0.25) is 0 Å².